The molecule has 3 N–H and O–H groups in total. The van der Waals surface area contributed by atoms with Crippen LogP contribution in [0.2, 0.25) is 0 Å². The summed E-state index contributed by atoms with van der Waals surface area (Å²) in [7, 11) is 0. The SMILES string of the molecule is CC(NC(=S)Nc1ccc(NC(=O)c2cscn2)nc1)c1cccc(Br)c1. The molecule has 6 nitrogen and oxygen atoms in total. The van der Waals surface area contributed by atoms with E-state index in [2.05, 4.69) is 41.8 Å². The zero-order chi connectivity index (χ0) is 19.2. The van der Waals surface area contributed by atoms with Crippen LogP contribution in [0.1, 0.15) is 29.0 Å². The molecule has 3 rings (SSSR count). The van der Waals surface area contributed by atoms with Crippen LogP contribution in [-0.2, 0) is 0 Å². The van der Waals surface area contributed by atoms with E-state index in [0.29, 0.717) is 16.6 Å². The lowest BCUT2D eigenvalue weighted by Gasteiger charge is -2.17. The number of rotatable bonds is 5. The van der Waals surface area contributed by atoms with E-state index in [-0.39, 0.29) is 11.9 Å². The molecule has 3 aromatic rings. The minimum Gasteiger partial charge on any atom is -0.356 e. The summed E-state index contributed by atoms with van der Waals surface area (Å²) < 4.78 is 1.02. The standard InChI is InChI=1S/C18H16BrN5OS2/c1-11(12-3-2-4-13(19)7-12)22-18(26)23-14-5-6-16(20-8-14)24-17(25)15-9-27-10-21-15/h2-11H,1H3,(H,20,24,25)(H2,22,23,26). The Labute approximate surface area is 174 Å². The normalized spacial score (nSPS) is 11.5. The summed E-state index contributed by atoms with van der Waals surface area (Å²) in [6.07, 6.45) is 1.61. The Morgan fingerprint density at radius 1 is 1.22 bits per heavy atom. The highest BCUT2D eigenvalue weighted by atomic mass is 79.9. The van der Waals surface area contributed by atoms with Gasteiger partial charge in [-0.3, -0.25) is 4.79 Å². The number of anilines is 2. The highest BCUT2D eigenvalue weighted by Gasteiger charge is 2.10. The van der Waals surface area contributed by atoms with Crippen molar-refractivity contribution in [3.63, 3.8) is 0 Å². The predicted molar refractivity (Wildman–Crippen MR) is 116 cm³/mol. The van der Waals surface area contributed by atoms with E-state index in [1.54, 1.807) is 29.2 Å². The predicted octanol–water partition coefficient (Wildman–Crippen LogP) is 4.60. The summed E-state index contributed by atoms with van der Waals surface area (Å²) in [5, 5.41) is 11.2. The summed E-state index contributed by atoms with van der Waals surface area (Å²) in [6, 6.07) is 11.6. The summed E-state index contributed by atoms with van der Waals surface area (Å²) in [6.45, 7) is 2.03. The molecule has 2 aromatic heterocycles. The number of hydrogen-bond donors (Lipinski definition) is 3. The number of pyridine rings is 1. The molecule has 9 heteroatoms. The molecule has 0 radical (unpaired) electrons. The van der Waals surface area contributed by atoms with Crippen LogP contribution in [0.3, 0.4) is 0 Å². The summed E-state index contributed by atoms with van der Waals surface area (Å²) in [4.78, 5) is 20.1. The van der Waals surface area contributed by atoms with Gasteiger partial charge in [0.1, 0.15) is 11.5 Å². The Hall–Kier alpha value is -2.36. The second-order valence-corrected chi connectivity index (χ2v) is 7.68. The van der Waals surface area contributed by atoms with Crippen LogP contribution in [0.4, 0.5) is 11.5 Å². The number of nitrogens with one attached hydrogen (secondary N) is 3. The highest BCUT2D eigenvalue weighted by Crippen LogP contribution is 2.18. The van der Waals surface area contributed by atoms with Crippen molar-refractivity contribution in [2.45, 2.75) is 13.0 Å². The molecule has 1 aromatic carbocycles. The molecule has 0 fully saturated rings. The molecule has 0 aliphatic carbocycles. The van der Waals surface area contributed by atoms with Gasteiger partial charge in [-0.05, 0) is 49.0 Å². The molecule has 0 saturated carbocycles. The fourth-order valence-corrected chi connectivity index (χ4v) is 3.51. The number of aromatic nitrogens is 2. The lowest BCUT2D eigenvalue weighted by molar-refractivity contribution is 0.102. The number of thiocarbonyl (C=S) groups is 1. The van der Waals surface area contributed by atoms with Crippen LogP contribution in [0.15, 0.2) is 58.0 Å². The minimum absolute atomic E-state index is 0.0483. The fourth-order valence-electron chi connectivity index (χ4n) is 2.27. The van der Waals surface area contributed by atoms with Gasteiger partial charge in [-0.2, -0.15) is 0 Å². The van der Waals surface area contributed by atoms with E-state index in [4.69, 9.17) is 12.2 Å². The molecular weight excluding hydrogens is 446 g/mol. The van der Waals surface area contributed by atoms with Crippen LogP contribution < -0.4 is 16.0 Å². The van der Waals surface area contributed by atoms with Crippen molar-refractivity contribution in [3.05, 3.63) is 69.2 Å². The number of hydrogen-bond acceptors (Lipinski definition) is 5. The summed E-state index contributed by atoms with van der Waals surface area (Å²) >= 11 is 10.2. The van der Waals surface area contributed by atoms with Crippen LogP contribution in [0.5, 0.6) is 0 Å². The fraction of sp³-hybridized carbons (Fsp3) is 0.111. The molecule has 0 saturated heterocycles. The average molecular weight is 462 g/mol. The first-order valence-corrected chi connectivity index (χ1v) is 10.1. The first kappa shape index (κ1) is 19.4. The van der Waals surface area contributed by atoms with E-state index in [1.807, 2.05) is 31.2 Å². The quantitative estimate of drug-likeness (QED) is 0.481. The summed E-state index contributed by atoms with van der Waals surface area (Å²) in [5.74, 6) is 0.157. The Morgan fingerprint density at radius 2 is 2.07 bits per heavy atom. The third-order valence-electron chi connectivity index (χ3n) is 3.62. The van der Waals surface area contributed by atoms with Gasteiger partial charge < -0.3 is 16.0 Å². The molecule has 1 unspecified atom stereocenters. The van der Waals surface area contributed by atoms with Crippen LogP contribution in [0.25, 0.3) is 0 Å². The maximum atomic E-state index is 12.0. The second-order valence-electron chi connectivity index (χ2n) is 5.64. The molecule has 0 spiro atoms. The average Bonchev–Trinajstić information content (AvgIpc) is 3.18. The molecule has 1 atom stereocenters. The van der Waals surface area contributed by atoms with Gasteiger partial charge in [-0.25, -0.2) is 9.97 Å². The third-order valence-corrected chi connectivity index (χ3v) is 4.92. The van der Waals surface area contributed by atoms with Crippen molar-refractivity contribution in [1.82, 2.24) is 15.3 Å². The van der Waals surface area contributed by atoms with Gasteiger partial charge in [0, 0.05) is 9.85 Å². The van der Waals surface area contributed by atoms with E-state index in [0.717, 1.165) is 15.7 Å². The maximum absolute atomic E-state index is 12.0. The molecule has 138 valence electrons. The minimum atomic E-state index is -0.288. The molecule has 27 heavy (non-hydrogen) atoms. The van der Waals surface area contributed by atoms with Gasteiger partial charge >= 0.3 is 0 Å². The number of nitrogens with zero attached hydrogens (tertiary/aromatic N) is 2. The molecule has 0 bridgehead atoms. The van der Waals surface area contributed by atoms with Crippen molar-refractivity contribution in [2.75, 3.05) is 10.6 Å². The topological polar surface area (TPSA) is 78.9 Å². The second kappa shape index (κ2) is 9.03. The number of carbonyl (C=O) groups is 1. The van der Waals surface area contributed by atoms with Crippen molar-refractivity contribution in [1.29, 1.82) is 0 Å². The highest BCUT2D eigenvalue weighted by molar-refractivity contribution is 9.10. The lowest BCUT2D eigenvalue weighted by atomic mass is 10.1. The van der Waals surface area contributed by atoms with E-state index >= 15 is 0 Å². The lowest BCUT2D eigenvalue weighted by Crippen LogP contribution is -2.30. The summed E-state index contributed by atoms with van der Waals surface area (Å²) in [5.41, 5.74) is 3.82. The largest absolute Gasteiger partial charge is 0.356 e. The third kappa shape index (κ3) is 5.56. The maximum Gasteiger partial charge on any atom is 0.276 e. The Balaban J connectivity index is 1.54. The first-order chi connectivity index (χ1) is 13.0. The zero-order valence-corrected chi connectivity index (χ0v) is 17.5. The van der Waals surface area contributed by atoms with Gasteiger partial charge in [0.05, 0.1) is 23.4 Å². The number of halogens is 1. The van der Waals surface area contributed by atoms with Crippen LogP contribution in [-0.4, -0.2) is 21.0 Å². The zero-order valence-electron chi connectivity index (χ0n) is 14.3. The van der Waals surface area contributed by atoms with Crippen molar-refractivity contribution in [2.24, 2.45) is 0 Å². The van der Waals surface area contributed by atoms with Crippen molar-refractivity contribution in [3.8, 4) is 0 Å². The molecule has 1 amide bonds. The van der Waals surface area contributed by atoms with Crippen molar-refractivity contribution < 1.29 is 4.79 Å². The number of benzene rings is 1. The molecule has 2 heterocycles. The smallest absolute Gasteiger partial charge is 0.276 e. The molecule has 0 aliphatic rings. The molecular formula is C18H16BrN5OS2. The molecule has 0 aliphatic heterocycles. The first-order valence-electron chi connectivity index (χ1n) is 8.00. The van der Waals surface area contributed by atoms with Crippen molar-refractivity contribution >= 4 is 62.0 Å². The Kier molecular flexibility index (Phi) is 6.49. The van der Waals surface area contributed by atoms with Gasteiger partial charge in [0.15, 0.2) is 5.11 Å². The Bertz CT molecular complexity index is 931. The van der Waals surface area contributed by atoms with E-state index in [1.165, 1.54) is 11.3 Å². The van der Waals surface area contributed by atoms with Crippen LogP contribution >= 0.6 is 39.5 Å². The van der Waals surface area contributed by atoms with Gasteiger partial charge in [-0.15, -0.1) is 11.3 Å². The van der Waals surface area contributed by atoms with E-state index < -0.39 is 0 Å². The van der Waals surface area contributed by atoms with E-state index in [9.17, 15) is 4.79 Å². The van der Waals surface area contributed by atoms with Gasteiger partial charge in [0.2, 0.25) is 0 Å². The van der Waals surface area contributed by atoms with Crippen LogP contribution in [0, 0.1) is 0 Å². The van der Waals surface area contributed by atoms with Gasteiger partial charge in [0.25, 0.3) is 5.91 Å². The Morgan fingerprint density at radius 3 is 2.74 bits per heavy atom. The van der Waals surface area contributed by atoms with Gasteiger partial charge in [-0.1, -0.05) is 28.1 Å². The number of carbonyl (C=O) groups excluding carboxylic acids is 1. The monoisotopic (exact) mass is 461 g/mol. The number of amides is 1. The number of thiazole rings is 1.